The molecule has 0 aromatic heterocycles. The molecular formula is C12H20N2O4S. The summed E-state index contributed by atoms with van der Waals surface area (Å²) >= 11 is 1.49. The molecule has 0 saturated carbocycles. The minimum Gasteiger partial charge on any atom is -0.480 e. The van der Waals surface area contributed by atoms with Crippen molar-refractivity contribution in [3.63, 3.8) is 0 Å². The number of rotatable bonds is 2. The van der Waals surface area contributed by atoms with Crippen LogP contribution in [-0.2, 0) is 4.79 Å². The van der Waals surface area contributed by atoms with Crippen LogP contribution in [0.2, 0.25) is 0 Å². The number of aliphatic carboxylic acids is 1. The first-order valence-corrected chi connectivity index (χ1v) is 7.62. The van der Waals surface area contributed by atoms with Crippen LogP contribution in [0.1, 0.15) is 19.8 Å². The van der Waals surface area contributed by atoms with Gasteiger partial charge in [-0.25, -0.2) is 9.59 Å². The molecule has 108 valence electrons. The summed E-state index contributed by atoms with van der Waals surface area (Å²) in [7, 11) is 0. The molecule has 0 spiro atoms. The Kier molecular flexibility index (Phi) is 4.57. The molecule has 3 unspecified atom stereocenters. The number of piperidine rings is 1. The van der Waals surface area contributed by atoms with Gasteiger partial charge in [-0.1, -0.05) is 0 Å². The first-order valence-electron chi connectivity index (χ1n) is 6.57. The van der Waals surface area contributed by atoms with Gasteiger partial charge in [0.05, 0.1) is 5.37 Å². The molecule has 2 aliphatic rings. The molecule has 19 heavy (non-hydrogen) atoms. The molecule has 2 heterocycles. The van der Waals surface area contributed by atoms with Gasteiger partial charge in [-0.2, -0.15) is 0 Å². The molecule has 2 fully saturated rings. The fourth-order valence-corrected chi connectivity index (χ4v) is 3.84. The third kappa shape index (κ3) is 2.97. The highest BCUT2D eigenvalue weighted by Crippen LogP contribution is 2.30. The molecule has 2 N–H and O–H groups in total. The molecule has 0 bridgehead atoms. The zero-order valence-corrected chi connectivity index (χ0v) is 11.8. The van der Waals surface area contributed by atoms with Gasteiger partial charge in [0.2, 0.25) is 0 Å². The predicted octanol–water partition coefficient (Wildman–Crippen LogP) is 0.659. The third-order valence-electron chi connectivity index (χ3n) is 3.78. The molecule has 2 saturated heterocycles. The van der Waals surface area contributed by atoms with Crippen molar-refractivity contribution in [1.29, 1.82) is 0 Å². The topological polar surface area (TPSA) is 81.1 Å². The van der Waals surface area contributed by atoms with Gasteiger partial charge in [0, 0.05) is 25.4 Å². The lowest BCUT2D eigenvalue weighted by molar-refractivity contribution is -0.141. The molecular weight excluding hydrogens is 268 g/mol. The van der Waals surface area contributed by atoms with Crippen LogP contribution < -0.4 is 0 Å². The van der Waals surface area contributed by atoms with Gasteiger partial charge in [0.15, 0.2) is 0 Å². The van der Waals surface area contributed by atoms with Crippen molar-refractivity contribution < 1.29 is 19.8 Å². The number of carboxylic acid groups (broad SMARTS) is 1. The standard InChI is InChI=1S/C12H20N2O4S/c1-8-14(10(7-19-8)11(16)17)12(18)13-4-2-3-9(5-13)6-15/h8-10,15H,2-7H2,1H3,(H,16,17). The summed E-state index contributed by atoms with van der Waals surface area (Å²) in [5.41, 5.74) is 0. The largest absolute Gasteiger partial charge is 0.480 e. The van der Waals surface area contributed by atoms with E-state index in [9.17, 15) is 19.8 Å². The van der Waals surface area contributed by atoms with Crippen molar-refractivity contribution in [1.82, 2.24) is 9.80 Å². The summed E-state index contributed by atoms with van der Waals surface area (Å²) in [6.07, 6.45) is 1.79. The van der Waals surface area contributed by atoms with Crippen molar-refractivity contribution >= 4 is 23.8 Å². The van der Waals surface area contributed by atoms with Crippen molar-refractivity contribution in [2.24, 2.45) is 5.92 Å². The normalized spacial score (nSPS) is 31.6. The second-order valence-electron chi connectivity index (χ2n) is 5.11. The van der Waals surface area contributed by atoms with E-state index in [1.54, 1.807) is 4.90 Å². The van der Waals surface area contributed by atoms with Crippen LogP contribution in [0.25, 0.3) is 0 Å². The number of hydrogen-bond acceptors (Lipinski definition) is 4. The monoisotopic (exact) mass is 288 g/mol. The number of carbonyl (C=O) groups is 2. The van der Waals surface area contributed by atoms with E-state index < -0.39 is 12.0 Å². The Morgan fingerprint density at radius 3 is 2.79 bits per heavy atom. The number of aliphatic hydroxyl groups excluding tert-OH is 1. The molecule has 2 rings (SSSR count). The number of amides is 2. The second-order valence-corrected chi connectivity index (χ2v) is 6.46. The smallest absolute Gasteiger partial charge is 0.327 e. The van der Waals surface area contributed by atoms with Crippen LogP contribution in [0.5, 0.6) is 0 Å². The van der Waals surface area contributed by atoms with Crippen LogP contribution in [0.3, 0.4) is 0 Å². The summed E-state index contributed by atoms with van der Waals surface area (Å²) in [5.74, 6) is -0.382. The summed E-state index contributed by atoms with van der Waals surface area (Å²) in [5, 5.41) is 18.3. The number of carboxylic acids is 1. The molecule has 2 amide bonds. The Balaban J connectivity index is 2.07. The van der Waals surface area contributed by atoms with Crippen molar-refractivity contribution in [2.45, 2.75) is 31.2 Å². The predicted molar refractivity (Wildman–Crippen MR) is 72.0 cm³/mol. The first kappa shape index (κ1) is 14.5. The molecule has 7 heteroatoms. The number of likely N-dealkylation sites (tertiary alicyclic amines) is 1. The molecule has 0 aromatic carbocycles. The highest BCUT2D eigenvalue weighted by molar-refractivity contribution is 8.00. The zero-order chi connectivity index (χ0) is 14.0. The maximum atomic E-state index is 12.5. The van der Waals surface area contributed by atoms with Crippen LogP contribution in [0, 0.1) is 5.92 Å². The van der Waals surface area contributed by atoms with Gasteiger partial charge in [-0.15, -0.1) is 11.8 Å². The number of urea groups is 1. The first-order chi connectivity index (χ1) is 9.04. The minimum atomic E-state index is -0.944. The highest BCUT2D eigenvalue weighted by atomic mass is 32.2. The Bertz CT molecular complexity index is 366. The van der Waals surface area contributed by atoms with Crippen molar-refractivity contribution in [3.05, 3.63) is 0 Å². The molecule has 2 aliphatic heterocycles. The Morgan fingerprint density at radius 2 is 2.16 bits per heavy atom. The Hall–Kier alpha value is -0.950. The van der Waals surface area contributed by atoms with E-state index in [2.05, 4.69) is 0 Å². The van der Waals surface area contributed by atoms with Crippen molar-refractivity contribution in [3.8, 4) is 0 Å². The van der Waals surface area contributed by atoms with Crippen LogP contribution in [0.15, 0.2) is 0 Å². The number of nitrogens with zero attached hydrogens (tertiary/aromatic N) is 2. The summed E-state index contributed by atoms with van der Waals surface area (Å²) < 4.78 is 0. The second kappa shape index (κ2) is 6.00. The number of carbonyl (C=O) groups excluding carboxylic acids is 1. The van der Waals surface area contributed by atoms with E-state index in [4.69, 9.17) is 0 Å². The minimum absolute atomic E-state index is 0.0798. The van der Waals surface area contributed by atoms with Crippen LogP contribution >= 0.6 is 11.8 Å². The lowest BCUT2D eigenvalue weighted by Gasteiger charge is -2.37. The zero-order valence-electron chi connectivity index (χ0n) is 11.0. The fraction of sp³-hybridized carbons (Fsp3) is 0.833. The highest BCUT2D eigenvalue weighted by Gasteiger charge is 2.41. The number of hydrogen-bond donors (Lipinski definition) is 2. The van der Waals surface area contributed by atoms with Gasteiger partial charge >= 0.3 is 12.0 Å². The third-order valence-corrected chi connectivity index (χ3v) is 4.99. The fourth-order valence-electron chi connectivity index (χ4n) is 2.67. The maximum absolute atomic E-state index is 12.5. The lowest BCUT2D eigenvalue weighted by Crippen LogP contribution is -2.53. The summed E-state index contributed by atoms with van der Waals surface area (Å²) in [6, 6.07) is -0.940. The van der Waals surface area contributed by atoms with E-state index in [0.717, 1.165) is 12.8 Å². The van der Waals surface area contributed by atoms with E-state index in [0.29, 0.717) is 18.8 Å². The Morgan fingerprint density at radius 1 is 1.42 bits per heavy atom. The van der Waals surface area contributed by atoms with Gasteiger partial charge in [-0.05, 0) is 25.7 Å². The average Bonchev–Trinajstić information content (AvgIpc) is 2.80. The summed E-state index contributed by atoms with van der Waals surface area (Å²) in [6.45, 7) is 3.11. The van der Waals surface area contributed by atoms with E-state index in [1.165, 1.54) is 16.7 Å². The lowest BCUT2D eigenvalue weighted by atomic mass is 9.99. The quantitative estimate of drug-likeness (QED) is 0.780. The van der Waals surface area contributed by atoms with Crippen LogP contribution in [-0.4, -0.2) is 68.9 Å². The summed E-state index contributed by atoms with van der Waals surface area (Å²) in [4.78, 5) is 26.8. The Labute approximate surface area is 116 Å². The SMILES string of the molecule is CC1SCC(C(=O)O)N1C(=O)N1CCCC(CO)C1. The number of thioether (sulfide) groups is 1. The molecule has 3 atom stereocenters. The molecule has 0 aliphatic carbocycles. The van der Waals surface area contributed by atoms with Gasteiger partial charge < -0.3 is 15.1 Å². The number of aliphatic hydroxyl groups is 1. The molecule has 0 aromatic rings. The molecule has 0 radical (unpaired) electrons. The average molecular weight is 288 g/mol. The maximum Gasteiger partial charge on any atom is 0.327 e. The van der Waals surface area contributed by atoms with Gasteiger partial charge in [0.25, 0.3) is 0 Å². The van der Waals surface area contributed by atoms with Crippen LogP contribution in [0.4, 0.5) is 4.79 Å². The van der Waals surface area contributed by atoms with Gasteiger partial charge in [-0.3, -0.25) is 4.90 Å². The van der Waals surface area contributed by atoms with Crippen molar-refractivity contribution in [2.75, 3.05) is 25.4 Å². The van der Waals surface area contributed by atoms with Gasteiger partial charge in [0.1, 0.15) is 6.04 Å². The molecule has 6 nitrogen and oxygen atoms in total. The van der Waals surface area contributed by atoms with E-state index >= 15 is 0 Å². The van der Waals surface area contributed by atoms with E-state index in [1.807, 2.05) is 6.92 Å². The van der Waals surface area contributed by atoms with E-state index in [-0.39, 0.29) is 23.9 Å².